The van der Waals surface area contributed by atoms with E-state index in [2.05, 4.69) is 12.1 Å². The van der Waals surface area contributed by atoms with Crippen molar-refractivity contribution in [1.29, 1.82) is 0 Å². The molecule has 0 aliphatic heterocycles. The molecule has 204 valence electrons. The van der Waals surface area contributed by atoms with Gasteiger partial charge < -0.3 is 5.11 Å². The molecule has 1 N–H and O–H groups in total. The molecule has 0 saturated carbocycles. The van der Waals surface area contributed by atoms with E-state index < -0.39 is 15.8 Å². The van der Waals surface area contributed by atoms with Crippen LogP contribution in [0.2, 0.25) is 10.0 Å². The third-order valence-electron chi connectivity index (χ3n) is 6.20. The van der Waals surface area contributed by atoms with Gasteiger partial charge in [-0.1, -0.05) is 89.9 Å². The molecule has 0 spiro atoms. The normalized spacial score (nSPS) is 11.7. The van der Waals surface area contributed by atoms with Crippen LogP contribution in [0.4, 0.5) is 4.39 Å². The number of benzene rings is 4. The second-order valence-electron chi connectivity index (χ2n) is 9.05. The Labute approximate surface area is 243 Å². The minimum atomic E-state index is -4.17. The zero-order valence-electron chi connectivity index (χ0n) is 21.1. The highest BCUT2D eigenvalue weighted by Crippen LogP contribution is 2.36. The number of halogens is 3. The van der Waals surface area contributed by atoms with Crippen molar-refractivity contribution in [2.75, 3.05) is 12.3 Å². The number of phenols is 1. The number of sulfonamides is 1. The van der Waals surface area contributed by atoms with Crippen LogP contribution in [-0.2, 0) is 35.2 Å². The average Bonchev–Trinajstić information content (AvgIpc) is 2.93. The molecule has 39 heavy (non-hydrogen) atoms. The molecule has 0 bridgehead atoms. The highest BCUT2D eigenvalue weighted by Gasteiger charge is 2.29. The molecule has 0 saturated heterocycles. The Morgan fingerprint density at radius 1 is 0.795 bits per heavy atom. The summed E-state index contributed by atoms with van der Waals surface area (Å²) in [6, 6.07) is 26.6. The molecule has 9 heteroatoms. The SMILES string of the molecule is O=S(=O)(c1cc(Cl)cc(Cl)c1O)N(CCc1ccc(F)cc1)Cc1ccc(CSCCc2ccccc2)cc1. The Hall–Kier alpha value is -2.55. The highest BCUT2D eigenvalue weighted by molar-refractivity contribution is 7.98. The fourth-order valence-corrected chi connectivity index (χ4v) is 7.16. The Balaban J connectivity index is 1.47. The molecule has 0 unspecified atom stereocenters. The molecule has 4 nitrogen and oxygen atoms in total. The fourth-order valence-electron chi connectivity index (χ4n) is 4.04. The van der Waals surface area contributed by atoms with E-state index in [0.717, 1.165) is 34.6 Å². The summed E-state index contributed by atoms with van der Waals surface area (Å²) in [5.74, 6) is 0.956. The van der Waals surface area contributed by atoms with E-state index in [1.165, 1.54) is 34.1 Å². The van der Waals surface area contributed by atoms with Crippen molar-refractivity contribution < 1.29 is 17.9 Å². The molecule has 0 aliphatic rings. The van der Waals surface area contributed by atoms with Crippen molar-refractivity contribution in [3.05, 3.63) is 129 Å². The number of nitrogens with zero attached hydrogens (tertiary/aromatic N) is 1. The number of hydrogen-bond donors (Lipinski definition) is 1. The summed E-state index contributed by atoms with van der Waals surface area (Å²) < 4.78 is 42.0. The molecule has 0 radical (unpaired) electrons. The second-order valence-corrected chi connectivity index (χ2v) is 12.9. The first kappa shape index (κ1) is 29.4. The van der Waals surface area contributed by atoms with Crippen LogP contribution in [0.25, 0.3) is 0 Å². The van der Waals surface area contributed by atoms with Gasteiger partial charge in [-0.15, -0.1) is 0 Å². The van der Waals surface area contributed by atoms with Gasteiger partial charge in [-0.2, -0.15) is 16.1 Å². The quantitative estimate of drug-likeness (QED) is 0.168. The molecule has 0 amide bonds. The van der Waals surface area contributed by atoms with Gasteiger partial charge in [0.25, 0.3) is 0 Å². The summed E-state index contributed by atoms with van der Waals surface area (Å²) in [6.45, 7) is 0.184. The lowest BCUT2D eigenvalue weighted by Crippen LogP contribution is -2.32. The third kappa shape index (κ3) is 8.22. The van der Waals surface area contributed by atoms with E-state index in [4.69, 9.17) is 23.2 Å². The van der Waals surface area contributed by atoms with Crippen LogP contribution in [0.3, 0.4) is 0 Å². The maximum absolute atomic E-state index is 13.7. The fraction of sp³-hybridized carbons (Fsp3) is 0.200. The zero-order valence-corrected chi connectivity index (χ0v) is 24.2. The lowest BCUT2D eigenvalue weighted by Gasteiger charge is -2.23. The Bertz CT molecular complexity index is 1480. The molecule has 0 aliphatic carbocycles. The number of aromatic hydroxyl groups is 1. The zero-order chi connectivity index (χ0) is 27.8. The van der Waals surface area contributed by atoms with Crippen LogP contribution < -0.4 is 0 Å². The van der Waals surface area contributed by atoms with Gasteiger partial charge >= 0.3 is 0 Å². The van der Waals surface area contributed by atoms with Gasteiger partial charge in [0.1, 0.15) is 10.7 Å². The molecular formula is C30H28Cl2FNO3S2. The number of rotatable bonds is 12. The first-order valence-electron chi connectivity index (χ1n) is 12.3. The summed E-state index contributed by atoms with van der Waals surface area (Å²) in [5.41, 5.74) is 4.04. The van der Waals surface area contributed by atoms with Gasteiger partial charge in [0.2, 0.25) is 10.0 Å². The van der Waals surface area contributed by atoms with E-state index in [9.17, 15) is 17.9 Å². The van der Waals surface area contributed by atoms with Crippen molar-refractivity contribution in [2.45, 2.75) is 30.0 Å². The summed E-state index contributed by atoms with van der Waals surface area (Å²) in [7, 11) is -4.17. The third-order valence-corrected chi connectivity index (χ3v) is 9.60. The summed E-state index contributed by atoms with van der Waals surface area (Å²) >= 11 is 13.9. The maximum atomic E-state index is 13.7. The number of hydrogen-bond acceptors (Lipinski definition) is 4. The van der Waals surface area contributed by atoms with Crippen molar-refractivity contribution >= 4 is 45.0 Å². The molecule has 4 aromatic rings. The van der Waals surface area contributed by atoms with E-state index in [-0.39, 0.29) is 33.8 Å². The smallest absolute Gasteiger partial charge is 0.247 e. The van der Waals surface area contributed by atoms with Crippen molar-refractivity contribution in [3.8, 4) is 5.75 Å². The van der Waals surface area contributed by atoms with Crippen LogP contribution >= 0.6 is 35.0 Å². The number of thioether (sulfide) groups is 1. The molecule has 0 fully saturated rings. The lowest BCUT2D eigenvalue weighted by molar-refractivity contribution is 0.402. The minimum absolute atomic E-state index is 0.0779. The van der Waals surface area contributed by atoms with Gasteiger partial charge in [-0.3, -0.25) is 0 Å². The predicted octanol–water partition coefficient (Wildman–Crippen LogP) is 7.75. The van der Waals surface area contributed by atoms with E-state index >= 15 is 0 Å². The Morgan fingerprint density at radius 2 is 1.41 bits per heavy atom. The van der Waals surface area contributed by atoms with Gasteiger partial charge in [0.05, 0.1) is 5.02 Å². The van der Waals surface area contributed by atoms with Crippen LogP contribution in [0.1, 0.15) is 22.3 Å². The van der Waals surface area contributed by atoms with Crippen LogP contribution in [-0.4, -0.2) is 30.1 Å². The van der Waals surface area contributed by atoms with Gasteiger partial charge in [0, 0.05) is 23.9 Å². The minimum Gasteiger partial charge on any atom is -0.505 e. The first-order valence-corrected chi connectivity index (χ1v) is 15.7. The van der Waals surface area contributed by atoms with Gasteiger partial charge in [-0.25, -0.2) is 12.8 Å². The molecule has 0 aromatic heterocycles. The molecule has 4 rings (SSSR count). The lowest BCUT2D eigenvalue weighted by atomic mass is 10.1. The monoisotopic (exact) mass is 603 g/mol. The Morgan fingerprint density at radius 3 is 2.10 bits per heavy atom. The van der Waals surface area contributed by atoms with Crippen molar-refractivity contribution in [2.24, 2.45) is 0 Å². The largest absolute Gasteiger partial charge is 0.505 e. The maximum Gasteiger partial charge on any atom is 0.247 e. The number of phenolic OH excluding ortho intramolecular Hbond substituents is 1. The van der Waals surface area contributed by atoms with Crippen LogP contribution in [0, 0.1) is 5.82 Å². The van der Waals surface area contributed by atoms with Crippen LogP contribution in [0.15, 0.2) is 95.9 Å². The standard InChI is InChI=1S/C30H28Cl2FNO3S2/c31-26-18-28(32)30(35)29(19-26)39(36,37)34(16-14-23-10-12-27(33)13-11-23)20-24-6-8-25(9-7-24)21-38-17-15-22-4-2-1-3-5-22/h1-13,18-19,35H,14-17,20-21H2. The Kier molecular flexibility index (Phi) is 10.3. The second kappa shape index (κ2) is 13.7. The molecule has 0 atom stereocenters. The predicted molar refractivity (Wildman–Crippen MR) is 159 cm³/mol. The number of aryl methyl sites for hydroxylation is 1. The van der Waals surface area contributed by atoms with Crippen molar-refractivity contribution in [1.82, 2.24) is 4.31 Å². The summed E-state index contributed by atoms with van der Waals surface area (Å²) in [5, 5.41) is 10.4. The molecule has 0 heterocycles. The van der Waals surface area contributed by atoms with Crippen molar-refractivity contribution in [3.63, 3.8) is 0 Å². The molecular weight excluding hydrogens is 576 g/mol. The molecule has 4 aromatic carbocycles. The van der Waals surface area contributed by atoms with Crippen LogP contribution in [0.5, 0.6) is 5.75 Å². The average molecular weight is 605 g/mol. The van der Waals surface area contributed by atoms with Gasteiger partial charge in [0.15, 0.2) is 5.75 Å². The summed E-state index contributed by atoms with van der Waals surface area (Å²) in [4.78, 5) is -0.356. The van der Waals surface area contributed by atoms with E-state index in [1.807, 2.05) is 54.2 Å². The van der Waals surface area contributed by atoms with E-state index in [1.54, 1.807) is 12.1 Å². The van der Waals surface area contributed by atoms with E-state index in [0.29, 0.717) is 6.42 Å². The summed E-state index contributed by atoms with van der Waals surface area (Å²) in [6.07, 6.45) is 1.36. The highest BCUT2D eigenvalue weighted by atomic mass is 35.5. The first-order chi connectivity index (χ1) is 18.7. The topological polar surface area (TPSA) is 57.6 Å². The van der Waals surface area contributed by atoms with Gasteiger partial charge in [-0.05, 0) is 65.1 Å².